The highest BCUT2D eigenvalue weighted by Gasteiger charge is 2.24. The first kappa shape index (κ1) is 17.1. The Kier molecular flexibility index (Phi) is 5.96. The fraction of sp³-hybridized carbons (Fsp3) is 0.632. The summed E-state index contributed by atoms with van der Waals surface area (Å²) in [5.74, 6) is 1.24. The van der Waals surface area contributed by atoms with E-state index in [-0.39, 0.29) is 0 Å². The Labute approximate surface area is 145 Å². The van der Waals surface area contributed by atoms with Crippen LogP contribution in [0.5, 0.6) is 5.75 Å². The number of carbonyl (C=O) groups excluding carboxylic acids is 1. The van der Waals surface area contributed by atoms with E-state index in [2.05, 4.69) is 16.3 Å². The van der Waals surface area contributed by atoms with Gasteiger partial charge >= 0.3 is 0 Å². The first-order valence-corrected chi connectivity index (χ1v) is 9.26. The number of amides is 1. The second kappa shape index (κ2) is 8.38. The molecule has 1 N–H and O–H groups in total. The van der Waals surface area contributed by atoms with Gasteiger partial charge in [0.15, 0.2) is 0 Å². The van der Waals surface area contributed by atoms with E-state index in [9.17, 15) is 4.79 Å². The van der Waals surface area contributed by atoms with Crippen molar-refractivity contribution in [1.82, 2.24) is 10.2 Å². The number of nitrogens with zero attached hydrogens (tertiary/aromatic N) is 2. The topological polar surface area (TPSA) is 44.8 Å². The van der Waals surface area contributed by atoms with Crippen molar-refractivity contribution in [2.24, 2.45) is 0 Å². The lowest BCUT2D eigenvalue weighted by atomic mass is 10.1. The average molecular weight is 331 g/mol. The third-order valence-corrected chi connectivity index (χ3v) is 5.01. The Morgan fingerprint density at radius 1 is 1.25 bits per heavy atom. The van der Waals surface area contributed by atoms with Crippen molar-refractivity contribution >= 4 is 11.6 Å². The first-order valence-electron chi connectivity index (χ1n) is 9.26. The van der Waals surface area contributed by atoms with Crippen LogP contribution in [0.1, 0.15) is 32.6 Å². The first-order chi connectivity index (χ1) is 11.8. The molecule has 0 bridgehead atoms. The maximum Gasteiger partial charge on any atom is 0.222 e. The fourth-order valence-electron chi connectivity index (χ4n) is 3.65. The molecule has 5 nitrogen and oxygen atoms in total. The van der Waals surface area contributed by atoms with E-state index in [0.717, 1.165) is 50.6 Å². The van der Waals surface area contributed by atoms with Gasteiger partial charge in [0.1, 0.15) is 5.75 Å². The minimum Gasteiger partial charge on any atom is -0.492 e. The number of carbonyl (C=O) groups is 1. The molecule has 5 heteroatoms. The van der Waals surface area contributed by atoms with Crippen LogP contribution in [0.25, 0.3) is 0 Å². The Morgan fingerprint density at radius 2 is 2.04 bits per heavy atom. The van der Waals surface area contributed by atoms with Crippen LogP contribution in [0.3, 0.4) is 0 Å². The van der Waals surface area contributed by atoms with E-state index < -0.39 is 0 Å². The molecule has 2 fully saturated rings. The number of hydrogen-bond donors (Lipinski definition) is 1. The van der Waals surface area contributed by atoms with Gasteiger partial charge in [0, 0.05) is 38.6 Å². The second-order valence-electron chi connectivity index (χ2n) is 6.60. The molecular formula is C19H29N3O2. The molecule has 0 radical (unpaired) electrons. The highest BCUT2D eigenvalue weighted by atomic mass is 16.5. The van der Waals surface area contributed by atoms with E-state index in [4.69, 9.17) is 4.74 Å². The molecular weight excluding hydrogens is 302 g/mol. The summed E-state index contributed by atoms with van der Waals surface area (Å²) < 4.78 is 5.73. The Hall–Kier alpha value is -1.75. The van der Waals surface area contributed by atoms with Gasteiger partial charge in [-0.25, -0.2) is 0 Å². The molecule has 1 aromatic rings. The highest BCUT2D eigenvalue weighted by molar-refractivity contribution is 5.76. The number of para-hydroxylation sites is 2. The van der Waals surface area contributed by atoms with Crippen molar-refractivity contribution in [2.45, 2.75) is 38.6 Å². The van der Waals surface area contributed by atoms with Gasteiger partial charge in [-0.15, -0.1) is 0 Å². The third-order valence-electron chi connectivity index (χ3n) is 5.01. The van der Waals surface area contributed by atoms with Gasteiger partial charge < -0.3 is 19.9 Å². The SMILES string of the molecule is CCOc1ccccc1N1CCN(C(=O)CCC2CCCN2)CC1. The van der Waals surface area contributed by atoms with Crippen LogP contribution in [0.4, 0.5) is 5.69 Å². The molecule has 0 spiro atoms. The zero-order chi connectivity index (χ0) is 16.8. The Morgan fingerprint density at radius 3 is 2.75 bits per heavy atom. The normalized spacial score (nSPS) is 21.1. The van der Waals surface area contributed by atoms with E-state index in [0.29, 0.717) is 25.0 Å². The van der Waals surface area contributed by atoms with E-state index in [1.54, 1.807) is 0 Å². The molecule has 1 amide bonds. The summed E-state index contributed by atoms with van der Waals surface area (Å²) in [4.78, 5) is 16.8. The molecule has 0 aliphatic carbocycles. The molecule has 2 aliphatic heterocycles. The monoisotopic (exact) mass is 331 g/mol. The van der Waals surface area contributed by atoms with E-state index in [1.807, 2.05) is 30.0 Å². The van der Waals surface area contributed by atoms with Gasteiger partial charge in [-0.1, -0.05) is 12.1 Å². The predicted octanol–water partition coefficient (Wildman–Crippen LogP) is 2.27. The van der Waals surface area contributed by atoms with Crippen LogP contribution in [0.2, 0.25) is 0 Å². The van der Waals surface area contributed by atoms with Crippen molar-refractivity contribution in [3.8, 4) is 5.75 Å². The van der Waals surface area contributed by atoms with Crippen LogP contribution in [0, 0.1) is 0 Å². The number of piperazine rings is 1. The smallest absolute Gasteiger partial charge is 0.222 e. The summed E-state index contributed by atoms with van der Waals surface area (Å²) >= 11 is 0. The summed E-state index contributed by atoms with van der Waals surface area (Å²) in [7, 11) is 0. The number of rotatable bonds is 6. The minimum atomic E-state index is 0.307. The van der Waals surface area contributed by atoms with Crippen molar-refractivity contribution in [3.63, 3.8) is 0 Å². The molecule has 1 atom stereocenters. The number of ether oxygens (including phenoxy) is 1. The number of hydrogen-bond acceptors (Lipinski definition) is 4. The van der Waals surface area contributed by atoms with Crippen LogP contribution in [-0.2, 0) is 4.79 Å². The third kappa shape index (κ3) is 4.20. The highest BCUT2D eigenvalue weighted by Crippen LogP contribution is 2.28. The standard InChI is InChI=1S/C19H29N3O2/c1-2-24-18-8-4-3-7-17(18)21-12-14-22(15-13-21)19(23)10-9-16-6-5-11-20-16/h3-4,7-8,16,20H,2,5-6,9-15H2,1H3. The molecule has 0 aromatic heterocycles. The Bertz CT molecular complexity index is 535. The Balaban J connectivity index is 1.49. The quantitative estimate of drug-likeness (QED) is 0.868. The number of anilines is 1. The lowest BCUT2D eigenvalue weighted by molar-refractivity contribution is -0.131. The second-order valence-corrected chi connectivity index (χ2v) is 6.60. The summed E-state index contributed by atoms with van der Waals surface area (Å²) in [6, 6.07) is 8.72. The van der Waals surface area contributed by atoms with Gasteiger partial charge in [-0.3, -0.25) is 4.79 Å². The van der Waals surface area contributed by atoms with Crippen LogP contribution < -0.4 is 15.0 Å². The van der Waals surface area contributed by atoms with Crippen LogP contribution in [0.15, 0.2) is 24.3 Å². The molecule has 0 saturated carbocycles. The molecule has 132 valence electrons. The molecule has 3 rings (SSSR count). The number of nitrogens with one attached hydrogen (secondary N) is 1. The predicted molar refractivity (Wildman–Crippen MR) is 96.7 cm³/mol. The molecule has 2 saturated heterocycles. The zero-order valence-corrected chi connectivity index (χ0v) is 14.7. The van der Waals surface area contributed by atoms with E-state index >= 15 is 0 Å². The van der Waals surface area contributed by atoms with Gasteiger partial charge in [0.25, 0.3) is 0 Å². The largest absolute Gasteiger partial charge is 0.492 e. The van der Waals surface area contributed by atoms with E-state index in [1.165, 1.54) is 12.8 Å². The molecule has 24 heavy (non-hydrogen) atoms. The molecule has 2 heterocycles. The summed E-state index contributed by atoms with van der Waals surface area (Å²) in [5.41, 5.74) is 1.14. The molecule has 2 aliphatic rings. The van der Waals surface area contributed by atoms with Gasteiger partial charge in [0.05, 0.1) is 12.3 Å². The van der Waals surface area contributed by atoms with Crippen molar-refractivity contribution in [2.75, 3.05) is 44.2 Å². The average Bonchev–Trinajstić information content (AvgIpc) is 3.14. The lowest BCUT2D eigenvalue weighted by Crippen LogP contribution is -2.49. The fourth-order valence-corrected chi connectivity index (χ4v) is 3.65. The van der Waals surface area contributed by atoms with Crippen molar-refractivity contribution < 1.29 is 9.53 Å². The minimum absolute atomic E-state index is 0.307. The summed E-state index contributed by atoms with van der Waals surface area (Å²) in [6.45, 7) is 7.14. The van der Waals surface area contributed by atoms with Crippen molar-refractivity contribution in [3.05, 3.63) is 24.3 Å². The van der Waals surface area contributed by atoms with Gasteiger partial charge in [-0.05, 0) is 44.9 Å². The van der Waals surface area contributed by atoms with Gasteiger partial charge in [-0.2, -0.15) is 0 Å². The lowest BCUT2D eigenvalue weighted by Gasteiger charge is -2.37. The zero-order valence-electron chi connectivity index (χ0n) is 14.7. The van der Waals surface area contributed by atoms with Crippen LogP contribution >= 0.6 is 0 Å². The number of benzene rings is 1. The van der Waals surface area contributed by atoms with Gasteiger partial charge in [0.2, 0.25) is 5.91 Å². The molecule has 1 aromatic carbocycles. The summed E-state index contributed by atoms with van der Waals surface area (Å²) in [6.07, 6.45) is 4.12. The maximum absolute atomic E-state index is 12.4. The van der Waals surface area contributed by atoms with Crippen molar-refractivity contribution in [1.29, 1.82) is 0 Å². The van der Waals surface area contributed by atoms with Crippen LogP contribution in [-0.4, -0.2) is 56.2 Å². The molecule has 1 unspecified atom stereocenters. The summed E-state index contributed by atoms with van der Waals surface area (Å²) in [5, 5.41) is 3.47. The maximum atomic E-state index is 12.4.